The lowest BCUT2D eigenvalue weighted by Gasteiger charge is -2.07. The van der Waals surface area contributed by atoms with Crippen molar-refractivity contribution in [2.45, 2.75) is 69.1 Å². The predicted octanol–water partition coefficient (Wildman–Crippen LogP) is 3.04. The zero-order valence-electron chi connectivity index (χ0n) is 19.5. The first-order valence-corrected chi connectivity index (χ1v) is 13.3. The van der Waals surface area contributed by atoms with Crippen LogP contribution >= 0.6 is 0 Å². The van der Waals surface area contributed by atoms with Gasteiger partial charge in [-0.2, -0.15) is 0 Å². The quantitative estimate of drug-likeness (QED) is 0.159. The second-order valence-electron chi connectivity index (χ2n) is 7.82. The van der Waals surface area contributed by atoms with Gasteiger partial charge in [0.05, 0.1) is 11.5 Å². The van der Waals surface area contributed by atoms with Gasteiger partial charge < -0.3 is 15.8 Å². The molecular weight excluding hydrogens is 442 g/mol. The van der Waals surface area contributed by atoms with Crippen molar-refractivity contribution in [3.8, 4) is 0 Å². The lowest BCUT2D eigenvalue weighted by atomic mass is 10.1. The number of hydrogen-bond acceptors (Lipinski definition) is 5. The van der Waals surface area contributed by atoms with Gasteiger partial charge in [-0.3, -0.25) is 9.59 Å². The van der Waals surface area contributed by atoms with Crippen LogP contribution in [0, 0.1) is 0 Å². The van der Waals surface area contributed by atoms with Crippen LogP contribution < -0.4 is 15.8 Å². The Hall–Kier alpha value is -2.23. The Morgan fingerprint density at radius 1 is 0.818 bits per heavy atom. The minimum absolute atomic E-state index is 0.268. The minimum Gasteiger partial charge on any atom is -0.380 e. The second kappa shape index (κ2) is 18.2. The molecule has 1 aromatic rings. The lowest BCUT2D eigenvalue weighted by Crippen LogP contribution is -2.36. The van der Waals surface area contributed by atoms with Gasteiger partial charge in [0.1, 0.15) is 0 Å². The topological polar surface area (TPSA) is 128 Å². The summed E-state index contributed by atoms with van der Waals surface area (Å²) in [5, 5.41) is 2.48. The van der Waals surface area contributed by atoms with Gasteiger partial charge in [0.15, 0.2) is 0 Å². The second-order valence-corrected chi connectivity index (χ2v) is 9.59. The van der Waals surface area contributed by atoms with Gasteiger partial charge in [-0.05, 0) is 50.7 Å². The molecule has 9 heteroatoms. The molecule has 0 aliphatic carbocycles. The number of nitrogens with two attached hydrogens (primary N) is 1. The molecular formula is C24H39N3O5S. The molecule has 0 aliphatic rings. The van der Waals surface area contributed by atoms with Gasteiger partial charge in [0.25, 0.3) is 0 Å². The maximum absolute atomic E-state index is 12.0. The van der Waals surface area contributed by atoms with E-state index in [4.69, 9.17) is 10.5 Å². The highest BCUT2D eigenvalue weighted by Crippen LogP contribution is 2.08. The number of unbranched alkanes of at least 4 members (excludes halogenated alkanes) is 8. The molecule has 8 nitrogen and oxygen atoms in total. The third kappa shape index (κ3) is 15.3. The van der Waals surface area contributed by atoms with E-state index in [9.17, 15) is 18.0 Å². The molecule has 1 rings (SSSR count). The Bertz CT molecular complexity index is 798. The largest absolute Gasteiger partial charge is 0.380 e. The molecule has 0 radical (unpaired) electrons. The lowest BCUT2D eigenvalue weighted by molar-refractivity contribution is -0.137. The van der Waals surface area contributed by atoms with E-state index >= 15 is 0 Å². The average molecular weight is 482 g/mol. The van der Waals surface area contributed by atoms with E-state index in [1.165, 1.54) is 19.3 Å². The van der Waals surface area contributed by atoms with Crippen LogP contribution in [0.4, 0.5) is 0 Å². The molecule has 0 unspecified atom stereocenters. The molecule has 33 heavy (non-hydrogen) atoms. The van der Waals surface area contributed by atoms with Crippen LogP contribution in [0.15, 0.2) is 47.4 Å². The first-order valence-electron chi connectivity index (χ1n) is 11.8. The third-order valence-corrected chi connectivity index (χ3v) is 6.45. The highest BCUT2D eigenvalue weighted by atomic mass is 32.2. The predicted molar refractivity (Wildman–Crippen MR) is 130 cm³/mol. The van der Waals surface area contributed by atoms with Crippen molar-refractivity contribution in [2.75, 3.05) is 26.3 Å². The first-order chi connectivity index (χ1) is 15.9. The van der Waals surface area contributed by atoms with E-state index < -0.39 is 21.8 Å². The maximum atomic E-state index is 12.0. The van der Waals surface area contributed by atoms with Crippen molar-refractivity contribution in [3.63, 3.8) is 0 Å². The third-order valence-electron chi connectivity index (χ3n) is 4.98. The number of allylic oxidation sites excluding steroid dienone is 2. The smallest absolute Gasteiger partial charge is 0.309 e. The van der Waals surface area contributed by atoms with Crippen molar-refractivity contribution in [1.82, 2.24) is 10.0 Å². The molecule has 0 aliphatic heterocycles. The van der Waals surface area contributed by atoms with Crippen molar-refractivity contribution >= 4 is 21.8 Å². The van der Waals surface area contributed by atoms with E-state index in [1.807, 2.05) is 0 Å². The molecule has 0 bridgehead atoms. The van der Waals surface area contributed by atoms with Crippen molar-refractivity contribution in [2.24, 2.45) is 5.73 Å². The van der Waals surface area contributed by atoms with Crippen LogP contribution in [0.5, 0.6) is 0 Å². The summed E-state index contributed by atoms with van der Waals surface area (Å²) in [4.78, 5) is 21.8. The van der Waals surface area contributed by atoms with Gasteiger partial charge in [-0.25, -0.2) is 13.1 Å². The van der Waals surface area contributed by atoms with E-state index in [-0.39, 0.29) is 11.4 Å². The molecule has 0 saturated heterocycles. The number of primary amides is 1. The summed E-state index contributed by atoms with van der Waals surface area (Å²) >= 11 is 0. The zero-order valence-corrected chi connectivity index (χ0v) is 20.3. The summed E-state index contributed by atoms with van der Waals surface area (Å²) in [5.74, 6) is -1.65. The molecule has 0 spiro atoms. The van der Waals surface area contributed by atoms with E-state index in [1.54, 1.807) is 30.3 Å². The van der Waals surface area contributed by atoms with Crippen LogP contribution in [0.1, 0.15) is 64.2 Å². The maximum Gasteiger partial charge on any atom is 0.309 e. The van der Waals surface area contributed by atoms with Crippen molar-refractivity contribution < 1.29 is 22.7 Å². The van der Waals surface area contributed by atoms with E-state index in [2.05, 4.69) is 22.2 Å². The van der Waals surface area contributed by atoms with Crippen molar-refractivity contribution in [3.05, 3.63) is 42.5 Å². The van der Waals surface area contributed by atoms with Crippen LogP contribution in [-0.2, 0) is 24.3 Å². The van der Waals surface area contributed by atoms with Gasteiger partial charge in [0, 0.05) is 19.7 Å². The van der Waals surface area contributed by atoms with Gasteiger partial charge >= 0.3 is 11.8 Å². The fourth-order valence-electron chi connectivity index (χ4n) is 3.12. The normalized spacial score (nSPS) is 11.6. The van der Waals surface area contributed by atoms with Gasteiger partial charge in [-0.15, -0.1) is 0 Å². The number of nitrogens with one attached hydrogen (secondary N) is 2. The van der Waals surface area contributed by atoms with Crippen LogP contribution in [0.3, 0.4) is 0 Å². The summed E-state index contributed by atoms with van der Waals surface area (Å²) in [7, 11) is -3.45. The molecule has 0 saturated carbocycles. The Labute approximate surface area is 198 Å². The summed E-state index contributed by atoms with van der Waals surface area (Å²) in [6, 6.07) is 8.32. The Morgan fingerprint density at radius 2 is 1.42 bits per heavy atom. The molecule has 4 N–H and O–H groups in total. The highest BCUT2D eigenvalue weighted by molar-refractivity contribution is 7.89. The SMILES string of the molecule is NC(=O)C(=O)NCCCCC/C=C\CCCCCCCOCCNS(=O)(=O)c1ccccc1. The summed E-state index contributed by atoms with van der Waals surface area (Å²) in [5.41, 5.74) is 4.86. The Morgan fingerprint density at radius 3 is 2.09 bits per heavy atom. The van der Waals surface area contributed by atoms with Crippen LogP contribution in [0.25, 0.3) is 0 Å². The fraction of sp³-hybridized carbons (Fsp3) is 0.583. The minimum atomic E-state index is -3.45. The molecule has 1 aromatic carbocycles. The average Bonchev–Trinajstić information content (AvgIpc) is 2.80. The molecule has 2 amide bonds. The standard InChI is InChI=1S/C24H39N3O5S/c25-23(28)24(29)26-18-14-9-7-5-3-1-2-4-6-8-10-15-20-32-21-19-27-33(30,31)22-16-12-11-13-17-22/h1,3,11-13,16-17,27H,2,4-10,14-15,18-21H2,(H2,25,28)(H,26,29)/b3-1-. The Balaban J connectivity index is 1.83. The molecule has 0 fully saturated rings. The highest BCUT2D eigenvalue weighted by Gasteiger charge is 2.11. The number of sulfonamides is 1. The molecule has 0 aromatic heterocycles. The summed E-state index contributed by atoms with van der Waals surface area (Å²) in [6.45, 7) is 1.79. The molecule has 0 heterocycles. The monoisotopic (exact) mass is 481 g/mol. The number of hydrogen-bond donors (Lipinski definition) is 3. The summed E-state index contributed by atoms with van der Waals surface area (Å²) in [6.07, 6.45) is 15.1. The van der Waals surface area contributed by atoms with Gasteiger partial charge in [0.2, 0.25) is 10.0 Å². The summed E-state index contributed by atoms with van der Waals surface area (Å²) < 4.78 is 32.2. The van der Waals surface area contributed by atoms with E-state index in [0.29, 0.717) is 19.8 Å². The fourth-order valence-corrected chi connectivity index (χ4v) is 4.15. The van der Waals surface area contributed by atoms with Crippen molar-refractivity contribution in [1.29, 1.82) is 0 Å². The van der Waals surface area contributed by atoms with Crippen LogP contribution in [0.2, 0.25) is 0 Å². The number of ether oxygens (including phenoxy) is 1. The number of rotatable bonds is 19. The zero-order chi connectivity index (χ0) is 24.2. The van der Waals surface area contributed by atoms with Crippen LogP contribution in [-0.4, -0.2) is 46.5 Å². The molecule has 186 valence electrons. The molecule has 0 atom stereocenters. The van der Waals surface area contributed by atoms with Gasteiger partial charge in [-0.1, -0.05) is 56.0 Å². The Kier molecular flexibility index (Phi) is 15.9. The van der Waals surface area contributed by atoms with E-state index in [0.717, 1.165) is 44.9 Å². The number of benzene rings is 1. The first kappa shape index (κ1) is 28.8. The number of amides is 2. The number of carbonyl (C=O) groups is 2. The number of carbonyl (C=O) groups excluding carboxylic acids is 2.